The van der Waals surface area contributed by atoms with Gasteiger partial charge in [-0.2, -0.15) is 0 Å². The van der Waals surface area contributed by atoms with E-state index in [1.54, 1.807) is 26.2 Å². The van der Waals surface area contributed by atoms with Gasteiger partial charge < -0.3 is 25.3 Å². The van der Waals surface area contributed by atoms with Gasteiger partial charge in [-0.1, -0.05) is 30.7 Å². The first kappa shape index (κ1) is 27.1. The largest absolute Gasteiger partial charge is 0.497 e. The van der Waals surface area contributed by atoms with Crippen LogP contribution in [0.4, 0.5) is 4.79 Å². The van der Waals surface area contributed by atoms with Crippen molar-refractivity contribution in [1.82, 2.24) is 20.1 Å². The van der Waals surface area contributed by atoms with Crippen molar-refractivity contribution in [3.63, 3.8) is 0 Å². The summed E-state index contributed by atoms with van der Waals surface area (Å²) < 4.78 is 17.4. The minimum atomic E-state index is -0.860. The molecule has 0 fully saturated rings. The zero-order chi connectivity index (χ0) is 27.2. The van der Waals surface area contributed by atoms with E-state index >= 15 is 0 Å². The van der Waals surface area contributed by atoms with Crippen LogP contribution < -0.4 is 15.8 Å². The molecular weight excluding hydrogens is 512 g/mol. The molecule has 3 N–H and O–H groups in total. The number of ether oxygens (including phenoxy) is 3. The standard InChI is InChI=1S/C26H29ClN6O5/c1-15(25(34)29-10-11-37-12-13-38-26(28)35)22-24-32-31-16(2)33(24)21-9-8-19(36-3)14-20(21)23(30-22)17-4-6-18(27)7-5-17/h4-9,14-15,22H,10-13H2,1-3H3,(H2,28,35)(H,29,34)/t15-,22+/m1/s1. The maximum atomic E-state index is 13.2. The first-order chi connectivity index (χ1) is 18.3. The molecule has 0 bridgehead atoms. The second-order valence-corrected chi connectivity index (χ2v) is 9.05. The predicted octanol–water partition coefficient (Wildman–Crippen LogP) is 2.99. The summed E-state index contributed by atoms with van der Waals surface area (Å²) in [5.74, 6) is 1.09. The molecule has 200 valence electrons. The molecule has 11 nitrogen and oxygen atoms in total. The van der Waals surface area contributed by atoms with E-state index in [9.17, 15) is 9.59 Å². The van der Waals surface area contributed by atoms with Gasteiger partial charge in [-0.05, 0) is 37.3 Å². The molecule has 4 rings (SSSR count). The van der Waals surface area contributed by atoms with Crippen molar-refractivity contribution in [2.75, 3.05) is 33.5 Å². The summed E-state index contributed by atoms with van der Waals surface area (Å²) in [5, 5.41) is 12.2. The lowest BCUT2D eigenvalue weighted by Gasteiger charge is -2.19. The molecular formula is C26H29ClN6O5. The zero-order valence-corrected chi connectivity index (χ0v) is 22.1. The Kier molecular flexibility index (Phi) is 8.59. The SMILES string of the molecule is COc1ccc2c(c1)C(c1ccc(Cl)cc1)=N[C@@H]([C@@H](C)C(=O)NCCOCCOC(N)=O)c1nnc(C)n1-2. The second kappa shape index (κ2) is 12.1. The Morgan fingerprint density at radius 3 is 2.61 bits per heavy atom. The van der Waals surface area contributed by atoms with E-state index in [-0.39, 0.29) is 32.3 Å². The Bertz CT molecular complexity index is 1340. The summed E-state index contributed by atoms with van der Waals surface area (Å²) in [6.07, 6.45) is -0.860. The first-order valence-electron chi connectivity index (χ1n) is 12.0. The molecule has 2 amide bonds. The van der Waals surface area contributed by atoms with Crippen LogP contribution in [0.2, 0.25) is 5.02 Å². The second-order valence-electron chi connectivity index (χ2n) is 8.61. The summed E-state index contributed by atoms with van der Waals surface area (Å²) in [7, 11) is 1.61. The molecule has 3 aromatic rings. The molecule has 38 heavy (non-hydrogen) atoms. The number of fused-ring (bicyclic) bond motifs is 3. The fourth-order valence-electron chi connectivity index (χ4n) is 4.19. The molecule has 0 aliphatic carbocycles. The number of hydrogen-bond acceptors (Lipinski definition) is 8. The van der Waals surface area contributed by atoms with Crippen molar-refractivity contribution in [2.24, 2.45) is 16.6 Å². The third-order valence-corrected chi connectivity index (χ3v) is 6.36. The highest BCUT2D eigenvalue weighted by Gasteiger charge is 2.34. The number of hydrogen-bond donors (Lipinski definition) is 2. The van der Waals surface area contributed by atoms with E-state index < -0.39 is 18.1 Å². The summed E-state index contributed by atoms with van der Waals surface area (Å²) in [5.41, 5.74) is 8.08. The Morgan fingerprint density at radius 1 is 1.13 bits per heavy atom. The molecule has 0 unspecified atom stereocenters. The van der Waals surface area contributed by atoms with Crippen molar-refractivity contribution in [1.29, 1.82) is 0 Å². The smallest absolute Gasteiger partial charge is 0.404 e. The van der Waals surface area contributed by atoms with Crippen LogP contribution in [0, 0.1) is 12.8 Å². The molecule has 0 saturated heterocycles. The summed E-state index contributed by atoms with van der Waals surface area (Å²) in [6.45, 7) is 4.39. The molecule has 1 aliphatic heterocycles. The van der Waals surface area contributed by atoms with Gasteiger partial charge in [0.05, 0.1) is 37.6 Å². The third-order valence-electron chi connectivity index (χ3n) is 6.10. The molecule has 0 radical (unpaired) electrons. The van der Waals surface area contributed by atoms with Gasteiger partial charge in [0.15, 0.2) is 5.82 Å². The number of aliphatic imine (C=N–C) groups is 1. The van der Waals surface area contributed by atoms with Gasteiger partial charge in [0.1, 0.15) is 24.2 Å². The number of carbonyl (C=O) groups is 2. The minimum Gasteiger partial charge on any atom is -0.497 e. The van der Waals surface area contributed by atoms with Crippen molar-refractivity contribution >= 4 is 29.3 Å². The summed E-state index contributed by atoms with van der Waals surface area (Å²) in [6, 6.07) is 12.5. The van der Waals surface area contributed by atoms with E-state index in [2.05, 4.69) is 20.3 Å². The number of nitrogens with zero attached hydrogens (tertiary/aromatic N) is 4. The molecule has 12 heteroatoms. The molecule has 0 saturated carbocycles. The topological polar surface area (TPSA) is 143 Å². The van der Waals surface area contributed by atoms with Crippen molar-refractivity contribution in [3.8, 4) is 11.4 Å². The summed E-state index contributed by atoms with van der Waals surface area (Å²) >= 11 is 6.16. The van der Waals surface area contributed by atoms with E-state index in [0.717, 1.165) is 16.8 Å². The van der Waals surface area contributed by atoms with E-state index in [4.69, 9.17) is 31.8 Å². The summed E-state index contributed by atoms with van der Waals surface area (Å²) in [4.78, 5) is 28.9. The van der Waals surface area contributed by atoms with Crippen molar-refractivity contribution < 1.29 is 23.8 Å². The molecule has 2 aromatic carbocycles. The van der Waals surface area contributed by atoms with Gasteiger partial charge in [0.25, 0.3) is 0 Å². The highest BCUT2D eigenvalue weighted by molar-refractivity contribution is 6.30. The van der Waals surface area contributed by atoms with Crippen LogP contribution >= 0.6 is 11.6 Å². The highest BCUT2D eigenvalue weighted by Crippen LogP contribution is 2.36. The third kappa shape index (κ3) is 5.95. The maximum Gasteiger partial charge on any atom is 0.404 e. The van der Waals surface area contributed by atoms with Gasteiger partial charge in [-0.3, -0.25) is 14.4 Å². The fraction of sp³-hybridized carbons (Fsp3) is 0.346. The fourth-order valence-corrected chi connectivity index (χ4v) is 4.31. The zero-order valence-electron chi connectivity index (χ0n) is 21.3. The molecule has 1 aliphatic rings. The van der Waals surface area contributed by atoms with Crippen molar-refractivity contribution in [2.45, 2.75) is 19.9 Å². The molecule has 0 spiro atoms. The van der Waals surface area contributed by atoms with Crippen LogP contribution in [0.5, 0.6) is 5.75 Å². The van der Waals surface area contributed by atoms with E-state index in [0.29, 0.717) is 28.1 Å². The number of halogens is 1. The normalized spacial score (nSPS) is 14.9. The average molecular weight is 541 g/mol. The number of methoxy groups -OCH3 is 1. The van der Waals surface area contributed by atoms with Crippen LogP contribution in [0.25, 0.3) is 5.69 Å². The van der Waals surface area contributed by atoms with Crippen LogP contribution in [0.3, 0.4) is 0 Å². The lowest BCUT2D eigenvalue weighted by Crippen LogP contribution is -2.35. The number of benzene rings is 2. The maximum absolute atomic E-state index is 13.2. The lowest BCUT2D eigenvalue weighted by molar-refractivity contribution is -0.125. The Morgan fingerprint density at radius 2 is 1.89 bits per heavy atom. The quantitative estimate of drug-likeness (QED) is 0.376. The van der Waals surface area contributed by atoms with Crippen LogP contribution in [-0.2, 0) is 14.3 Å². The number of nitrogens with two attached hydrogens (primary N) is 1. The monoisotopic (exact) mass is 540 g/mol. The first-order valence-corrected chi connectivity index (χ1v) is 12.4. The van der Waals surface area contributed by atoms with Gasteiger partial charge in [0.2, 0.25) is 5.91 Å². The Balaban J connectivity index is 1.64. The van der Waals surface area contributed by atoms with Gasteiger partial charge >= 0.3 is 6.09 Å². The van der Waals surface area contributed by atoms with Gasteiger partial charge in [-0.25, -0.2) is 4.79 Å². The van der Waals surface area contributed by atoms with Gasteiger partial charge in [0, 0.05) is 22.7 Å². The number of nitrogens with one attached hydrogen (secondary N) is 1. The molecule has 1 aromatic heterocycles. The van der Waals surface area contributed by atoms with E-state index in [1.807, 2.05) is 41.8 Å². The highest BCUT2D eigenvalue weighted by atomic mass is 35.5. The number of carbonyl (C=O) groups excluding carboxylic acids is 2. The van der Waals surface area contributed by atoms with Crippen LogP contribution in [-0.4, -0.2) is 66.0 Å². The number of aryl methyl sites for hydroxylation is 1. The average Bonchev–Trinajstić information content (AvgIpc) is 3.22. The van der Waals surface area contributed by atoms with Crippen LogP contribution in [0.1, 0.15) is 35.7 Å². The minimum absolute atomic E-state index is 0.0459. The van der Waals surface area contributed by atoms with Gasteiger partial charge in [-0.15, -0.1) is 10.2 Å². The number of primary amides is 1. The van der Waals surface area contributed by atoms with Crippen molar-refractivity contribution in [3.05, 3.63) is 70.3 Å². The lowest BCUT2D eigenvalue weighted by atomic mass is 9.98. The van der Waals surface area contributed by atoms with E-state index in [1.165, 1.54) is 0 Å². The Labute approximate surface area is 224 Å². The number of aromatic nitrogens is 3. The Hall–Kier alpha value is -3.96. The molecule has 2 atom stereocenters. The predicted molar refractivity (Wildman–Crippen MR) is 141 cm³/mol. The van der Waals surface area contributed by atoms with Crippen LogP contribution in [0.15, 0.2) is 47.5 Å². The molecule has 2 heterocycles. The number of amides is 2. The number of rotatable bonds is 10.